The van der Waals surface area contributed by atoms with Gasteiger partial charge in [-0.2, -0.15) is 0 Å². The normalized spacial score (nSPS) is 15.0. The first-order valence-electron chi connectivity index (χ1n) is 5.13. The Morgan fingerprint density at radius 3 is 2.60 bits per heavy atom. The monoisotopic (exact) mass is 308 g/mol. The summed E-state index contributed by atoms with van der Waals surface area (Å²) in [5, 5.41) is 1.34. The van der Waals surface area contributed by atoms with E-state index < -0.39 is 0 Å². The molecular formula is C12H15BrCl2. The van der Waals surface area contributed by atoms with Gasteiger partial charge in [-0.05, 0) is 30.4 Å². The van der Waals surface area contributed by atoms with E-state index in [9.17, 15) is 0 Å². The van der Waals surface area contributed by atoms with E-state index in [4.69, 9.17) is 23.2 Å². The van der Waals surface area contributed by atoms with Crippen molar-refractivity contribution >= 4 is 39.1 Å². The second-order valence-corrected chi connectivity index (χ2v) is 5.78. The summed E-state index contributed by atoms with van der Waals surface area (Å²) in [6, 6.07) is 5.81. The maximum Gasteiger partial charge on any atom is 0.0624 e. The number of alkyl halides is 1. The second kappa shape index (κ2) is 6.12. The van der Waals surface area contributed by atoms with Gasteiger partial charge in [0.25, 0.3) is 0 Å². The Labute approximate surface area is 110 Å². The zero-order valence-corrected chi connectivity index (χ0v) is 12.0. The molecule has 0 saturated carbocycles. The van der Waals surface area contributed by atoms with E-state index in [1.165, 1.54) is 0 Å². The molecule has 1 aromatic carbocycles. The molecule has 0 heterocycles. The smallest absolute Gasteiger partial charge is 0.0624 e. The van der Waals surface area contributed by atoms with E-state index in [0.717, 1.165) is 18.4 Å². The molecule has 0 spiro atoms. The molecule has 0 bridgehead atoms. The van der Waals surface area contributed by atoms with Crippen LogP contribution in [0.1, 0.15) is 25.8 Å². The summed E-state index contributed by atoms with van der Waals surface area (Å²) in [5.41, 5.74) is 1.13. The molecule has 0 nitrogen and oxygen atoms in total. The Bertz CT molecular complexity index is 325. The van der Waals surface area contributed by atoms with Crippen LogP contribution in [-0.4, -0.2) is 4.83 Å². The fourth-order valence-corrected chi connectivity index (χ4v) is 2.17. The van der Waals surface area contributed by atoms with Crippen LogP contribution in [0.2, 0.25) is 10.0 Å². The van der Waals surface area contributed by atoms with Gasteiger partial charge in [0.1, 0.15) is 0 Å². The zero-order valence-electron chi connectivity index (χ0n) is 8.93. The highest BCUT2D eigenvalue weighted by atomic mass is 79.9. The zero-order chi connectivity index (χ0) is 11.4. The Morgan fingerprint density at radius 2 is 2.00 bits per heavy atom. The molecule has 1 rings (SSSR count). The summed E-state index contributed by atoms with van der Waals surface area (Å²) >= 11 is 15.8. The minimum atomic E-state index is 0.535. The van der Waals surface area contributed by atoms with Crippen molar-refractivity contribution < 1.29 is 0 Å². The number of hydrogen-bond acceptors (Lipinski definition) is 0. The van der Waals surface area contributed by atoms with Gasteiger partial charge in [-0.25, -0.2) is 0 Å². The molecule has 0 aliphatic carbocycles. The molecular weight excluding hydrogens is 295 g/mol. The topological polar surface area (TPSA) is 0 Å². The molecule has 1 aromatic rings. The lowest BCUT2D eigenvalue weighted by Gasteiger charge is -2.17. The van der Waals surface area contributed by atoms with E-state index in [-0.39, 0.29) is 0 Å². The lowest BCUT2D eigenvalue weighted by atomic mass is 9.97. The van der Waals surface area contributed by atoms with Crippen LogP contribution in [0.3, 0.4) is 0 Å². The first kappa shape index (κ1) is 13.3. The molecule has 0 fully saturated rings. The first-order chi connectivity index (χ1) is 7.06. The second-order valence-electron chi connectivity index (χ2n) is 3.82. The van der Waals surface area contributed by atoms with Gasteiger partial charge in [0.15, 0.2) is 0 Å². The molecule has 0 aliphatic heterocycles. The van der Waals surface area contributed by atoms with Crippen LogP contribution in [0.15, 0.2) is 18.2 Å². The summed E-state index contributed by atoms with van der Waals surface area (Å²) in [4.78, 5) is 0.535. The highest BCUT2D eigenvalue weighted by Gasteiger charge is 2.14. The third kappa shape index (κ3) is 3.65. The van der Waals surface area contributed by atoms with Gasteiger partial charge in [0.05, 0.1) is 10.0 Å². The molecule has 3 heteroatoms. The summed E-state index contributed by atoms with van der Waals surface area (Å²) in [6.07, 6.45) is 2.09. The third-order valence-electron chi connectivity index (χ3n) is 2.58. The Kier molecular flexibility index (Phi) is 5.45. The van der Waals surface area contributed by atoms with Crippen molar-refractivity contribution in [2.24, 2.45) is 5.92 Å². The minimum Gasteiger partial charge on any atom is -0.0888 e. The van der Waals surface area contributed by atoms with Gasteiger partial charge in [0.2, 0.25) is 0 Å². The Morgan fingerprint density at radius 1 is 1.33 bits per heavy atom. The average molecular weight is 310 g/mol. The number of halogens is 3. The first-order valence-corrected chi connectivity index (χ1v) is 6.80. The van der Waals surface area contributed by atoms with E-state index in [1.807, 2.05) is 18.2 Å². The highest BCUT2D eigenvalue weighted by Crippen LogP contribution is 2.29. The van der Waals surface area contributed by atoms with Crippen LogP contribution in [0.25, 0.3) is 0 Å². The van der Waals surface area contributed by atoms with Gasteiger partial charge in [-0.15, -0.1) is 0 Å². The van der Waals surface area contributed by atoms with Crippen LogP contribution in [0.5, 0.6) is 0 Å². The predicted octanol–water partition coefficient (Wildman–Crippen LogP) is 5.35. The van der Waals surface area contributed by atoms with Crippen molar-refractivity contribution in [3.63, 3.8) is 0 Å². The van der Waals surface area contributed by atoms with Crippen molar-refractivity contribution in [3.05, 3.63) is 33.8 Å². The quantitative estimate of drug-likeness (QED) is 0.658. The molecule has 0 saturated heterocycles. The van der Waals surface area contributed by atoms with Crippen LogP contribution in [0.4, 0.5) is 0 Å². The van der Waals surface area contributed by atoms with Crippen molar-refractivity contribution in [2.75, 3.05) is 0 Å². The van der Waals surface area contributed by atoms with Gasteiger partial charge in [-0.3, -0.25) is 0 Å². The standard InChI is InChI=1S/C12H15BrCl2/c1-3-10(13)8(2)7-9-5-4-6-11(14)12(9)15/h4-6,8,10H,3,7H2,1-2H3. The number of rotatable bonds is 4. The lowest BCUT2D eigenvalue weighted by Crippen LogP contribution is -2.12. The predicted molar refractivity (Wildman–Crippen MR) is 72.3 cm³/mol. The van der Waals surface area contributed by atoms with E-state index in [2.05, 4.69) is 29.8 Å². The molecule has 2 atom stereocenters. The van der Waals surface area contributed by atoms with Crippen LogP contribution in [0, 0.1) is 5.92 Å². The fourth-order valence-electron chi connectivity index (χ4n) is 1.58. The molecule has 0 radical (unpaired) electrons. The molecule has 2 unspecified atom stereocenters. The average Bonchev–Trinajstić information content (AvgIpc) is 2.23. The summed E-state index contributed by atoms with van der Waals surface area (Å²) < 4.78 is 0. The Balaban J connectivity index is 2.76. The molecule has 0 N–H and O–H groups in total. The SMILES string of the molecule is CCC(Br)C(C)Cc1cccc(Cl)c1Cl. The van der Waals surface area contributed by atoms with Crippen molar-refractivity contribution in [1.29, 1.82) is 0 Å². The summed E-state index contributed by atoms with van der Waals surface area (Å²) in [5.74, 6) is 0.561. The number of benzene rings is 1. The van der Waals surface area contributed by atoms with Gasteiger partial charge in [0, 0.05) is 4.83 Å². The van der Waals surface area contributed by atoms with Gasteiger partial charge >= 0.3 is 0 Å². The van der Waals surface area contributed by atoms with Crippen LogP contribution < -0.4 is 0 Å². The fraction of sp³-hybridized carbons (Fsp3) is 0.500. The van der Waals surface area contributed by atoms with E-state index in [1.54, 1.807) is 0 Å². The van der Waals surface area contributed by atoms with Crippen LogP contribution >= 0.6 is 39.1 Å². The Hall–Kier alpha value is 0.280. The van der Waals surface area contributed by atoms with Gasteiger partial charge < -0.3 is 0 Å². The van der Waals surface area contributed by atoms with E-state index >= 15 is 0 Å². The summed E-state index contributed by atoms with van der Waals surface area (Å²) in [7, 11) is 0. The maximum atomic E-state index is 6.14. The van der Waals surface area contributed by atoms with Crippen molar-refractivity contribution in [2.45, 2.75) is 31.5 Å². The number of hydrogen-bond donors (Lipinski definition) is 0. The molecule has 0 aliphatic rings. The highest BCUT2D eigenvalue weighted by molar-refractivity contribution is 9.09. The lowest BCUT2D eigenvalue weighted by molar-refractivity contribution is 0.545. The molecule has 0 amide bonds. The summed E-state index contributed by atoms with van der Waals surface area (Å²) in [6.45, 7) is 4.40. The van der Waals surface area contributed by atoms with Crippen LogP contribution in [-0.2, 0) is 6.42 Å². The molecule has 15 heavy (non-hydrogen) atoms. The largest absolute Gasteiger partial charge is 0.0888 e. The van der Waals surface area contributed by atoms with Crippen molar-refractivity contribution in [1.82, 2.24) is 0 Å². The third-order valence-corrected chi connectivity index (χ3v) is 4.99. The molecule has 0 aromatic heterocycles. The molecule has 84 valence electrons. The maximum absolute atomic E-state index is 6.14. The minimum absolute atomic E-state index is 0.535. The van der Waals surface area contributed by atoms with E-state index in [0.29, 0.717) is 20.8 Å². The van der Waals surface area contributed by atoms with Crippen molar-refractivity contribution in [3.8, 4) is 0 Å². The van der Waals surface area contributed by atoms with Gasteiger partial charge in [-0.1, -0.05) is 65.1 Å².